The molecule has 4 N–H and O–H groups in total. The van der Waals surface area contributed by atoms with E-state index in [9.17, 15) is 19.2 Å². The van der Waals surface area contributed by atoms with Gasteiger partial charge in [-0.1, -0.05) is 12.8 Å². The van der Waals surface area contributed by atoms with Gasteiger partial charge in [-0.25, -0.2) is 15.0 Å². The van der Waals surface area contributed by atoms with Crippen LogP contribution >= 0.6 is 11.3 Å². The van der Waals surface area contributed by atoms with E-state index in [1.807, 2.05) is 49.6 Å². The van der Waals surface area contributed by atoms with E-state index in [-0.39, 0.29) is 34.8 Å². The summed E-state index contributed by atoms with van der Waals surface area (Å²) in [6, 6.07) is 9.56. The molecule has 5 heterocycles. The molecule has 3 fully saturated rings. The Morgan fingerprint density at radius 1 is 0.753 bits per heavy atom. The monoisotopic (exact) mass is 1020 g/mol. The fourth-order valence-electron chi connectivity index (χ4n) is 9.10. The molecule has 73 heavy (non-hydrogen) atoms. The number of piperazine rings is 1. The van der Waals surface area contributed by atoms with Crippen LogP contribution in [0.4, 0.5) is 28.3 Å². The van der Waals surface area contributed by atoms with Crippen molar-refractivity contribution < 1.29 is 38.1 Å². The topological polar surface area (TPSA) is 226 Å². The Morgan fingerprint density at radius 2 is 1.42 bits per heavy atom. The molecular formula is C52H69N11O9S. The number of fused-ring (bicyclic) bond motifs is 1. The zero-order valence-electron chi connectivity index (χ0n) is 42.2. The number of carbonyl (C=O) groups is 3. The van der Waals surface area contributed by atoms with Crippen LogP contribution in [0.2, 0.25) is 0 Å². The highest BCUT2D eigenvalue weighted by atomic mass is 32.1. The van der Waals surface area contributed by atoms with E-state index in [1.165, 1.54) is 24.6 Å². The van der Waals surface area contributed by atoms with E-state index in [2.05, 4.69) is 46.0 Å². The average molecular weight is 1020 g/mol. The maximum atomic E-state index is 13.6. The van der Waals surface area contributed by atoms with Crippen molar-refractivity contribution in [2.45, 2.75) is 71.3 Å². The van der Waals surface area contributed by atoms with Crippen LogP contribution in [0, 0.1) is 13.8 Å². The Labute approximate surface area is 429 Å². The van der Waals surface area contributed by atoms with Crippen LogP contribution < -0.4 is 31.7 Å². The number of aromatic nitrogens is 5. The van der Waals surface area contributed by atoms with Crippen molar-refractivity contribution in [3.05, 3.63) is 86.4 Å². The summed E-state index contributed by atoms with van der Waals surface area (Å²) < 4.78 is 29.7. The molecule has 0 spiro atoms. The molecule has 0 unspecified atom stereocenters. The fraction of sp³-hybridized carbons (Fsp3) is 0.538. The summed E-state index contributed by atoms with van der Waals surface area (Å²) >= 11 is 1.56. The lowest BCUT2D eigenvalue weighted by Crippen LogP contribution is -2.49. The lowest BCUT2D eigenvalue weighted by Gasteiger charge is -2.35. The van der Waals surface area contributed by atoms with Gasteiger partial charge in [0, 0.05) is 79.2 Å². The van der Waals surface area contributed by atoms with Crippen LogP contribution in [-0.4, -0.2) is 159 Å². The second-order valence-electron chi connectivity index (χ2n) is 18.6. The lowest BCUT2D eigenvalue weighted by molar-refractivity contribution is -0.122. The molecule has 2 aliphatic carbocycles. The SMILES string of the molecule is CC(=O)c1c(C)c2cnc(Nc3ccc(N4CCN(CC(=O)NCCOCCOCCOCCOCCOCCNc5ccc(C(=O)Nc6ncc(C7CC7)s6)c(C)c5)CC4)cn3)nc2n(C2CCCC2)c1=O. The molecule has 1 aromatic carbocycles. The van der Waals surface area contributed by atoms with Crippen LogP contribution in [-0.2, 0) is 28.5 Å². The number of nitrogens with one attached hydrogen (secondary N) is 4. The minimum atomic E-state index is -0.283. The highest BCUT2D eigenvalue weighted by Gasteiger charge is 2.28. The van der Waals surface area contributed by atoms with Gasteiger partial charge in [0.1, 0.15) is 11.5 Å². The minimum Gasteiger partial charge on any atom is -0.383 e. The molecule has 2 amide bonds. The molecule has 20 nitrogen and oxygen atoms in total. The normalized spacial score (nSPS) is 15.2. The number of nitrogens with zero attached hydrogens (tertiary/aromatic N) is 7. The number of ether oxygens (including phenoxy) is 5. The average Bonchev–Trinajstić information content (AvgIpc) is 3.88. The first-order valence-corrected chi connectivity index (χ1v) is 26.3. The number of pyridine rings is 2. The molecule has 1 aliphatic heterocycles. The number of aryl methyl sites for hydroxylation is 2. The number of carbonyl (C=O) groups excluding carboxylic acids is 3. The van der Waals surface area contributed by atoms with E-state index in [4.69, 9.17) is 28.7 Å². The summed E-state index contributed by atoms with van der Waals surface area (Å²) in [7, 11) is 0. The summed E-state index contributed by atoms with van der Waals surface area (Å²) in [5, 5.41) is 13.7. The number of hydrogen-bond donors (Lipinski definition) is 4. The number of thiazole rings is 1. The summed E-state index contributed by atoms with van der Waals surface area (Å²) in [6.45, 7) is 14.1. The first-order valence-electron chi connectivity index (χ1n) is 25.5. The minimum absolute atomic E-state index is 0.000137. The lowest BCUT2D eigenvalue weighted by atomic mass is 10.0. The Morgan fingerprint density at radius 3 is 2.05 bits per heavy atom. The van der Waals surface area contributed by atoms with Crippen molar-refractivity contribution in [3.8, 4) is 0 Å². The van der Waals surface area contributed by atoms with Gasteiger partial charge in [0.25, 0.3) is 11.5 Å². The third-order valence-electron chi connectivity index (χ3n) is 13.2. The smallest absolute Gasteiger partial charge is 0.263 e. The summed E-state index contributed by atoms with van der Waals surface area (Å²) in [5.74, 6) is 1.08. The van der Waals surface area contributed by atoms with E-state index < -0.39 is 0 Å². The molecular weight excluding hydrogens is 955 g/mol. The van der Waals surface area contributed by atoms with Crippen molar-refractivity contribution in [1.29, 1.82) is 0 Å². The number of hydrogen-bond acceptors (Lipinski definition) is 18. The van der Waals surface area contributed by atoms with Crippen LogP contribution in [0.5, 0.6) is 0 Å². The number of anilines is 5. The largest absolute Gasteiger partial charge is 0.383 e. The van der Waals surface area contributed by atoms with Gasteiger partial charge in [-0.15, -0.1) is 11.3 Å². The number of Topliss-reactive ketones (excluding diaryl/α,β-unsaturated/α-hetero) is 1. The predicted octanol–water partition coefficient (Wildman–Crippen LogP) is 5.88. The molecule has 3 aliphatic rings. The zero-order valence-corrected chi connectivity index (χ0v) is 43.1. The van der Waals surface area contributed by atoms with Gasteiger partial charge >= 0.3 is 0 Å². The van der Waals surface area contributed by atoms with Crippen molar-refractivity contribution in [2.24, 2.45) is 0 Å². The first-order chi connectivity index (χ1) is 35.6. The number of amides is 2. The van der Waals surface area contributed by atoms with Crippen LogP contribution in [0.15, 0.2) is 53.7 Å². The third kappa shape index (κ3) is 15.3. The molecule has 4 aromatic heterocycles. The second-order valence-corrected chi connectivity index (χ2v) is 19.6. The predicted molar refractivity (Wildman–Crippen MR) is 281 cm³/mol. The first kappa shape index (κ1) is 53.4. The maximum absolute atomic E-state index is 13.6. The number of benzene rings is 1. The zero-order chi connectivity index (χ0) is 50.9. The third-order valence-corrected chi connectivity index (χ3v) is 14.2. The highest BCUT2D eigenvalue weighted by Crippen LogP contribution is 2.43. The van der Waals surface area contributed by atoms with Gasteiger partial charge in [-0.2, -0.15) is 4.98 Å². The molecule has 8 rings (SSSR count). The molecule has 21 heteroatoms. The Bertz CT molecular complexity index is 2680. The van der Waals surface area contributed by atoms with Crippen LogP contribution in [0.3, 0.4) is 0 Å². The summed E-state index contributed by atoms with van der Waals surface area (Å²) in [4.78, 5) is 75.3. The van der Waals surface area contributed by atoms with Crippen LogP contribution in [0.1, 0.15) is 94.1 Å². The Balaban J connectivity index is 0.597. The van der Waals surface area contributed by atoms with E-state index >= 15 is 0 Å². The van der Waals surface area contributed by atoms with Gasteiger partial charge in [-0.05, 0) is 93.8 Å². The fourth-order valence-corrected chi connectivity index (χ4v) is 10.1. The van der Waals surface area contributed by atoms with Crippen LogP contribution in [0.25, 0.3) is 11.0 Å². The van der Waals surface area contributed by atoms with Gasteiger partial charge in [-0.3, -0.25) is 34.0 Å². The summed E-state index contributed by atoms with van der Waals surface area (Å²) in [6.07, 6.45) is 11.6. The highest BCUT2D eigenvalue weighted by molar-refractivity contribution is 7.15. The van der Waals surface area contributed by atoms with Gasteiger partial charge in [0.2, 0.25) is 11.9 Å². The molecule has 0 bridgehead atoms. The number of rotatable bonds is 29. The molecule has 5 aromatic rings. The molecule has 1 saturated heterocycles. The van der Waals surface area contributed by atoms with Crippen molar-refractivity contribution in [1.82, 2.24) is 34.7 Å². The Hall–Kier alpha value is -5.94. The summed E-state index contributed by atoms with van der Waals surface area (Å²) in [5.41, 5.74) is 4.48. The van der Waals surface area contributed by atoms with Gasteiger partial charge in [0.15, 0.2) is 10.9 Å². The quantitative estimate of drug-likeness (QED) is 0.0324. The van der Waals surface area contributed by atoms with Crippen molar-refractivity contribution >= 4 is 68.2 Å². The molecule has 0 radical (unpaired) electrons. The molecule has 392 valence electrons. The maximum Gasteiger partial charge on any atom is 0.263 e. The standard InChI is InChI=1S/C52H69N11O9S/c1-35-30-39(10-12-42(35)49(66)60-52-57-33-44(73-52)38-8-9-38)53-14-20-68-22-24-70-26-28-72-29-27-71-25-23-69-21-15-54-46(65)34-61-16-18-62(19-17-61)41-11-13-45(55-31-41)58-51-56-32-43-36(2)47(37(3)64)50(67)63(48(43)59-51)40-6-4-5-7-40/h10-13,30-33,38,40,53H,4-9,14-29,34H2,1-3H3,(H,54,65)(H,57,60,66)(H,55,56,58,59). The molecule has 2 saturated carbocycles. The molecule has 0 atom stereocenters. The van der Waals surface area contributed by atoms with Crippen molar-refractivity contribution in [2.75, 3.05) is 133 Å². The van der Waals surface area contributed by atoms with E-state index in [1.54, 1.807) is 29.0 Å². The van der Waals surface area contributed by atoms with Gasteiger partial charge < -0.3 is 44.5 Å². The Kier molecular flexibility index (Phi) is 19.6. The van der Waals surface area contributed by atoms with Gasteiger partial charge in [0.05, 0.1) is 90.1 Å². The van der Waals surface area contributed by atoms with E-state index in [0.717, 1.165) is 68.8 Å². The van der Waals surface area contributed by atoms with Crippen molar-refractivity contribution in [3.63, 3.8) is 0 Å². The second kappa shape index (κ2) is 26.8. The number of ketones is 1. The van der Waals surface area contributed by atoms with E-state index in [0.29, 0.717) is 131 Å².